The van der Waals surface area contributed by atoms with E-state index < -0.39 is 11.9 Å². The Morgan fingerprint density at radius 2 is 2.14 bits per heavy atom. The second kappa shape index (κ2) is 5.80. The summed E-state index contributed by atoms with van der Waals surface area (Å²) in [5.41, 5.74) is 6.04. The Balaban J connectivity index is 0.00000169. The van der Waals surface area contributed by atoms with Gasteiger partial charge in [0.2, 0.25) is 0 Å². The Morgan fingerprint density at radius 1 is 1.50 bits per heavy atom. The monoisotopic (exact) mass is 221 g/mol. The summed E-state index contributed by atoms with van der Waals surface area (Å²) in [5, 5.41) is 8.75. The van der Waals surface area contributed by atoms with Crippen LogP contribution in [0.5, 0.6) is 5.75 Å². The predicted octanol–water partition coefficient (Wildman–Crippen LogP) is 1.25. The number of benzene rings is 1. The van der Waals surface area contributed by atoms with E-state index in [9.17, 15) is 4.39 Å². The third kappa shape index (κ3) is 3.14. The number of nitrogens with two attached hydrogens (primary N) is 1. The lowest BCUT2D eigenvalue weighted by molar-refractivity contribution is 0.267. The first kappa shape index (κ1) is 13.2. The van der Waals surface area contributed by atoms with Crippen molar-refractivity contribution in [2.75, 3.05) is 13.7 Å². The van der Waals surface area contributed by atoms with Crippen molar-refractivity contribution < 1.29 is 14.2 Å². The van der Waals surface area contributed by atoms with Gasteiger partial charge in [0.05, 0.1) is 19.8 Å². The zero-order valence-corrected chi connectivity index (χ0v) is 8.55. The Bertz CT molecular complexity index is 296. The molecule has 1 aromatic rings. The first-order valence-electron chi connectivity index (χ1n) is 3.88. The van der Waals surface area contributed by atoms with Crippen molar-refractivity contribution in [3.63, 3.8) is 0 Å². The Morgan fingerprint density at radius 3 is 2.64 bits per heavy atom. The maximum absolute atomic E-state index is 12.9. The number of ether oxygens (including phenoxy) is 1. The average molecular weight is 222 g/mol. The quantitative estimate of drug-likeness (QED) is 0.808. The van der Waals surface area contributed by atoms with Gasteiger partial charge in [0, 0.05) is 6.07 Å². The van der Waals surface area contributed by atoms with Crippen LogP contribution in [-0.4, -0.2) is 18.8 Å². The van der Waals surface area contributed by atoms with E-state index in [4.69, 9.17) is 15.6 Å². The standard InChI is InChI=1S/C9H12FNO2.ClH/c1-13-8-3-6(9(11)5-12)2-7(10)4-8;/h2-4,9,12H,5,11H2,1H3;1H. The Hall–Kier alpha value is -0.840. The molecule has 1 rings (SSSR count). The van der Waals surface area contributed by atoms with E-state index in [-0.39, 0.29) is 19.0 Å². The molecular formula is C9H13ClFNO2. The second-order valence-corrected chi connectivity index (χ2v) is 2.71. The molecule has 0 aliphatic heterocycles. The first-order valence-corrected chi connectivity index (χ1v) is 3.88. The number of hydrogen-bond donors (Lipinski definition) is 2. The molecule has 0 bridgehead atoms. The van der Waals surface area contributed by atoms with Gasteiger partial charge in [0.25, 0.3) is 0 Å². The molecule has 1 unspecified atom stereocenters. The number of methoxy groups -OCH3 is 1. The molecule has 0 aliphatic carbocycles. The van der Waals surface area contributed by atoms with Crippen LogP contribution in [0.1, 0.15) is 11.6 Å². The van der Waals surface area contributed by atoms with E-state index in [1.54, 1.807) is 6.07 Å². The molecule has 0 fully saturated rings. The van der Waals surface area contributed by atoms with E-state index in [0.717, 1.165) is 0 Å². The third-order valence-corrected chi connectivity index (χ3v) is 1.75. The van der Waals surface area contributed by atoms with Gasteiger partial charge < -0.3 is 15.6 Å². The van der Waals surface area contributed by atoms with E-state index >= 15 is 0 Å². The minimum atomic E-state index is -0.565. The van der Waals surface area contributed by atoms with Crippen LogP contribution >= 0.6 is 12.4 Å². The van der Waals surface area contributed by atoms with Gasteiger partial charge in [0.1, 0.15) is 11.6 Å². The van der Waals surface area contributed by atoms with Crippen LogP contribution in [0, 0.1) is 5.82 Å². The maximum atomic E-state index is 12.9. The second-order valence-electron chi connectivity index (χ2n) is 2.71. The van der Waals surface area contributed by atoms with Gasteiger partial charge in [-0.05, 0) is 17.7 Å². The molecule has 0 radical (unpaired) electrons. The molecule has 14 heavy (non-hydrogen) atoms. The van der Waals surface area contributed by atoms with Crippen molar-refractivity contribution in [1.82, 2.24) is 0 Å². The molecule has 0 saturated carbocycles. The van der Waals surface area contributed by atoms with Gasteiger partial charge in [-0.2, -0.15) is 0 Å². The summed E-state index contributed by atoms with van der Waals surface area (Å²) in [6.07, 6.45) is 0. The summed E-state index contributed by atoms with van der Waals surface area (Å²) in [6, 6.07) is 3.57. The molecule has 0 aliphatic rings. The molecular weight excluding hydrogens is 209 g/mol. The van der Waals surface area contributed by atoms with Crippen molar-refractivity contribution in [2.45, 2.75) is 6.04 Å². The topological polar surface area (TPSA) is 55.5 Å². The molecule has 80 valence electrons. The van der Waals surface area contributed by atoms with Gasteiger partial charge >= 0.3 is 0 Å². The molecule has 3 nitrogen and oxygen atoms in total. The molecule has 0 spiro atoms. The smallest absolute Gasteiger partial charge is 0.127 e. The van der Waals surface area contributed by atoms with Gasteiger partial charge in [-0.3, -0.25) is 0 Å². The molecule has 3 N–H and O–H groups in total. The number of hydrogen-bond acceptors (Lipinski definition) is 3. The van der Waals surface area contributed by atoms with Gasteiger partial charge in [0.15, 0.2) is 0 Å². The van der Waals surface area contributed by atoms with Crippen molar-refractivity contribution >= 4 is 12.4 Å². The largest absolute Gasteiger partial charge is 0.497 e. The van der Waals surface area contributed by atoms with Crippen LogP contribution in [0.4, 0.5) is 4.39 Å². The minimum Gasteiger partial charge on any atom is -0.497 e. The summed E-state index contributed by atoms with van der Waals surface area (Å²) in [4.78, 5) is 0. The molecule has 1 atom stereocenters. The number of aliphatic hydroxyl groups excluding tert-OH is 1. The zero-order valence-electron chi connectivity index (χ0n) is 7.74. The van der Waals surface area contributed by atoms with E-state index in [1.165, 1.54) is 19.2 Å². The summed E-state index contributed by atoms with van der Waals surface area (Å²) in [7, 11) is 1.45. The molecule has 5 heteroatoms. The van der Waals surface area contributed by atoms with Crippen LogP contribution in [0.2, 0.25) is 0 Å². The normalized spacial score (nSPS) is 11.7. The lowest BCUT2D eigenvalue weighted by Crippen LogP contribution is -2.14. The molecule has 1 aromatic carbocycles. The molecule has 0 aromatic heterocycles. The number of halogens is 2. The fraction of sp³-hybridized carbons (Fsp3) is 0.333. The Kier molecular flexibility index (Phi) is 5.45. The van der Waals surface area contributed by atoms with Gasteiger partial charge in [-0.15, -0.1) is 12.4 Å². The van der Waals surface area contributed by atoms with Crippen LogP contribution in [-0.2, 0) is 0 Å². The molecule has 0 amide bonds. The summed E-state index contributed by atoms with van der Waals surface area (Å²) < 4.78 is 17.7. The minimum absolute atomic E-state index is 0. The number of rotatable bonds is 3. The highest BCUT2D eigenvalue weighted by Crippen LogP contribution is 2.19. The van der Waals surface area contributed by atoms with Crippen LogP contribution < -0.4 is 10.5 Å². The van der Waals surface area contributed by atoms with Crippen molar-refractivity contribution in [2.24, 2.45) is 5.73 Å². The lowest BCUT2D eigenvalue weighted by atomic mass is 10.1. The Labute approximate surface area is 88.1 Å². The van der Waals surface area contributed by atoms with Crippen molar-refractivity contribution in [3.8, 4) is 5.75 Å². The van der Waals surface area contributed by atoms with Crippen LogP contribution in [0.15, 0.2) is 18.2 Å². The average Bonchev–Trinajstić information content (AvgIpc) is 2.15. The summed E-state index contributed by atoms with van der Waals surface area (Å²) in [5.74, 6) is -0.0165. The van der Waals surface area contributed by atoms with Crippen LogP contribution in [0.25, 0.3) is 0 Å². The highest BCUT2D eigenvalue weighted by Gasteiger charge is 2.07. The van der Waals surface area contributed by atoms with Crippen molar-refractivity contribution in [1.29, 1.82) is 0 Å². The van der Waals surface area contributed by atoms with E-state index in [1.807, 2.05) is 0 Å². The van der Waals surface area contributed by atoms with Gasteiger partial charge in [-0.25, -0.2) is 4.39 Å². The first-order chi connectivity index (χ1) is 6.17. The summed E-state index contributed by atoms with van der Waals surface area (Å²) >= 11 is 0. The fourth-order valence-corrected chi connectivity index (χ4v) is 1.02. The lowest BCUT2D eigenvalue weighted by Gasteiger charge is -2.10. The van der Waals surface area contributed by atoms with E-state index in [2.05, 4.69) is 0 Å². The maximum Gasteiger partial charge on any atom is 0.127 e. The highest BCUT2D eigenvalue weighted by molar-refractivity contribution is 5.85. The summed E-state index contributed by atoms with van der Waals surface area (Å²) in [6.45, 7) is -0.216. The van der Waals surface area contributed by atoms with E-state index in [0.29, 0.717) is 11.3 Å². The number of aliphatic hydroxyl groups is 1. The highest BCUT2D eigenvalue weighted by atomic mass is 35.5. The molecule has 0 saturated heterocycles. The zero-order chi connectivity index (χ0) is 9.84. The fourth-order valence-electron chi connectivity index (χ4n) is 1.02. The van der Waals surface area contributed by atoms with Gasteiger partial charge in [-0.1, -0.05) is 0 Å². The van der Waals surface area contributed by atoms with Crippen molar-refractivity contribution in [3.05, 3.63) is 29.6 Å². The van der Waals surface area contributed by atoms with Crippen LogP contribution in [0.3, 0.4) is 0 Å². The molecule has 0 heterocycles. The predicted molar refractivity (Wildman–Crippen MR) is 54.2 cm³/mol. The SMILES string of the molecule is COc1cc(F)cc(C(N)CO)c1.Cl. The third-order valence-electron chi connectivity index (χ3n) is 1.75.